The molecule has 1 saturated heterocycles. The zero-order valence-corrected chi connectivity index (χ0v) is 15.7. The second kappa shape index (κ2) is 8.44. The van der Waals surface area contributed by atoms with Crippen molar-refractivity contribution in [3.63, 3.8) is 0 Å². The molecule has 0 unspecified atom stereocenters. The molecule has 0 spiro atoms. The number of thioether (sulfide) groups is 1. The van der Waals surface area contributed by atoms with Crippen LogP contribution in [0.2, 0.25) is 0 Å². The number of ketones is 1. The smallest absolute Gasteiger partial charge is 0.227 e. The monoisotopic (exact) mass is 376 g/mol. The summed E-state index contributed by atoms with van der Waals surface area (Å²) in [5, 5.41) is 12.1. The summed E-state index contributed by atoms with van der Waals surface area (Å²) >= 11 is 2.85. The number of hydrogen-bond acceptors (Lipinski definition) is 7. The van der Waals surface area contributed by atoms with Crippen molar-refractivity contribution in [2.45, 2.75) is 30.5 Å². The Morgan fingerprint density at radius 1 is 1.40 bits per heavy atom. The normalized spacial score (nSPS) is 14.1. The van der Waals surface area contributed by atoms with Gasteiger partial charge in [0, 0.05) is 30.8 Å². The van der Waals surface area contributed by atoms with Crippen LogP contribution in [0.25, 0.3) is 0 Å². The molecule has 0 saturated carbocycles. The van der Waals surface area contributed by atoms with Crippen molar-refractivity contribution >= 4 is 45.6 Å². The van der Waals surface area contributed by atoms with Crippen molar-refractivity contribution in [3.8, 4) is 0 Å². The van der Waals surface area contributed by atoms with Gasteiger partial charge >= 0.3 is 0 Å². The van der Waals surface area contributed by atoms with Gasteiger partial charge in [-0.3, -0.25) is 9.59 Å². The summed E-state index contributed by atoms with van der Waals surface area (Å²) in [4.78, 5) is 26.1. The zero-order valence-electron chi connectivity index (χ0n) is 14.0. The van der Waals surface area contributed by atoms with Gasteiger partial charge < -0.3 is 10.2 Å². The molecular formula is C17H20N4O2S2. The molecule has 2 aromatic rings. The van der Waals surface area contributed by atoms with Crippen LogP contribution < -0.4 is 10.2 Å². The predicted molar refractivity (Wildman–Crippen MR) is 102 cm³/mol. The van der Waals surface area contributed by atoms with Crippen molar-refractivity contribution < 1.29 is 9.59 Å². The van der Waals surface area contributed by atoms with Crippen molar-refractivity contribution in [3.05, 3.63) is 29.8 Å². The van der Waals surface area contributed by atoms with Gasteiger partial charge in [0.1, 0.15) is 0 Å². The van der Waals surface area contributed by atoms with E-state index in [0.717, 1.165) is 41.1 Å². The van der Waals surface area contributed by atoms with Crippen LogP contribution in [-0.2, 0) is 4.79 Å². The summed E-state index contributed by atoms with van der Waals surface area (Å²) in [5.74, 6) is 0.455. The third-order valence-electron chi connectivity index (χ3n) is 3.81. The van der Waals surface area contributed by atoms with Crippen LogP contribution in [0.1, 0.15) is 36.5 Å². The van der Waals surface area contributed by atoms with Gasteiger partial charge in [0.15, 0.2) is 10.1 Å². The second-order valence-corrected chi connectivity index (χ2v) is 7.91. The van der Waals surface area contributed by atoms with Gasteiger partial charge in [-0.2, -0.15) is 0 Å². The van der Waals surface area contributed by atoms with Crippen LogP contribution in [0.3, 0.4) is 0 Å². The molecule has 3 rings (SSSR count). The Hall–Kier alpha value is -1.93. The number of nitrogens with zero attached hydrogens (tertiary/aromatic N) is 3. The van der Waals surface area contributed by atoms with Crippen molar-refractivity contribution in [1.82, 2.24) is 10.2 Å². The lowest BCUT2D eigenvalue weighted by atomic mass is 10.1. The SMILES string of the molecule is CCCNc1nnc(SCC(=O)c2cccc(N3CCCC3=O)c2)s1. The molecule has 1 aliphatic heterocycles. The summed E-state index contributed by atoms with van der Waals surface area (Å²) in [6.45, 7) is 3.68. The number of benzene rings is 1. The molecule has 1 aliphatic rings. The predicted octanol–water partition coefficient (Wildman–Crippen LogP) is 3.46. The molecule has 1 fully saturated rings. The fraction of sp³-hybridized carbons (Fsp3) is 0.412. The van der Waals surface area contributed by atoms with Crippen molar-refractivity contribution in [2.24, 2.45) is 0 Å². The minimum absolute atomic E-state index is 0.0248. The van der Waals surface area contributed by atoms with Crippen molar-refractivity contribution in [1.29, 1.82) is 0 Å². The van der Waals surface area contributed by atoms with Crippen LogP contribution in [0.5, 0.6) is 0 Å². The molecule has 8 heteroatoms. The fourth-order valence-electron chi connectivity index (χ4n) is 2.55. The van der Waals surface area contributed by atoms with Crippen LogP contribution in [0.4, 0.5) is 10.8 Å². The second-order valence-electron chi connectivity index (χ2n) is 5.71. The topological polar surface area (TPSA) is 75.2 Å². The number of aromatic nitrogens is 2. The molecule has 25 heavy (non-hydrogen) atoms. The maximum absolute atomic E-state index is 12.5. The number of hydrogen-bond donors (Lipinski definition) is 1. The third kappa shape index (κ3) is 4.58. The van der Waals surface area contributed by atoms with Crippen LogP contribution in [0, 0.1) is 0 Å². The first kappa shape index (κ1) is 17.9. The molecule has 1 amide bonds. The lowest BCUT2D eigenvalue weighted by molar-refractivity contribution is -0.117. The molecule has 1 aromatic carbocycles. The molecule has 0 bridgehead atoms. The quantitative estimate of drug-likeness (QED) is 0.562. The standard InChI is InChI=1S/C17H20N4O2S2/c1-2-8-18-16-19-20-17(25-16)24-11-14(22)12-5-3-6-13(10-12)21-9-4-7-15(21)23/h3,5-6,10H,2,4,7-9,11H2,1H3,(H,18,19). The van der Waals surface area contributed by atoms with E-state index in [-0.39, 0.29) is 11.7 Å². The highest BCUT2D eigenvalue weighted by Gasteiger charge is 2.22. The number of anilines is 2. The summed E-state index contributed by atoms with van der Waals surface area (Å²) in [6.07, 6.45) is 2.48. The first-order chi connectivity index (χ1) is 12.2. The molecule has 0 radical (unpaired) electrons. The van der Waals surface area contributed by atoms with E-state index < -0.39 is 0 Å². The first-order valence-electron chi connectivity index (χ1n) is 8.31. The minimum Gasteiger partial charge on any atom is -0.360 e. The molecule has 6 nitrogen and oxygen atoms in total. The van der Waals surface area contributed by atoms with E-state index in [1.165, 1.54) is 23.1 Å². The molecule has 1 N–H and O–H groups in total. The Kier molecular flexibility index (Phi) is 6.04. The van der Waals surface area contributed by atoms with Gasteiger partial charge in [-0.1, -0.05) is 42.2 Å². The van der Waals surface area contributed by atoms with Crippen molar-refractivity contribution in [2.75, 3.05) is 29.1 Å². The van der Waals surface area contributed by atoms with Gasteiger partial charge in [-0.15, -0.1) is 10.2 Å². The Labute approximate surface area is 155 Å². The Bertz CT molecular complexity index is 763. The largest absolute Gasteiger partial charge is 0.360 e. The highest BCUT2D eigenvalue weighted by atomic mass is 32.2. The number of amides is 1. The average Bonchev–Trinajstić information content (AvgIpc) is 3.26. The number of nitrogens with one attached hydrogen (secondary N) is 1. The lowest BCUT2D eigenvalue weighted by Crippen LogP contribution is -2.23. The van der Waals surface area contributed by atoms with Gasteiger partial charge in [0.05, 0.1) is 5.75 Å². The van der Waals surface area contributed by atoms with Gasteiger partial charge in [0.2, 0.25) is 11.0 Å². The van der Waals surface area contributed by atoms with E-state index in [1.807, 2.05) is 12.1 Å². The first-order valence-corrected chi connectivity index (χ1v) is 10.1. The maximum Gasteiger partial charge on any atom is 0.227 e. The number of carbonyl (C=O) groups excluding carboxylic acids is 2. The number of rotatable bonds is 8. The molecule has 2 heterocycles. The van der Waals surface area contributed by atoms with Crippen LogP contribution in [0.15, 0.2) is 28.6 Å². The van der Waals surface area contributed by atoms with E-state index in [4.69, 9.17) is 0 Å². The fourth-order valence-corrected chi connectivity index (χ4v) is 4.22. The third-order valence-corrected chi connectivity index (χ3v) is 5.83. The number of carbonyl (C=O) groups is 2. The Morgan fingerprint density at radius 2 is 2.28 bits per heavy atom. The summed E-state index contributed by atoms with van der Waals surface area (Å²) in [6, 6.07) is 7.31. The van der Waals surface area contributed by atoms with E-state index in [2.05, 4.69) is 22.4 Å². The molecule has 1 aromatic heterocycles. The molecule has 0 atom stereocenters. The van der Waals surface area contributed by atoms with E-state index in [1.54, 1.807) is 17.0 Å². The Morgan fingerprint density at radius 3 is 3.04 bits per heavy atom. The highest BCUT2D eigenvalue weighted by molar-refractivity contribution is 8.01. The molecule has 132 valence electrons. The molecular weight excluding hydrogens is 356 g/mol. The summed E-state index contributed by atoms with van der Waals surface area (Å²) in [7, 11) is 0. The van der Waals surface area contributed by atoms with Gasteiger partial charge in [-0.05, 0) is 25.0 Å². The maximum atomic E-state index is 12.5. The van der Waals surface area contributed by atoms with E-state index in [9.17, 15) is 9.59 Å². The molecule has 0 aliphatic carbocycles. The lowest BCUT2D eigenvalue weighted by Gasteiger charge is -2.16. The summed E-state index contributed by atoms with van der Waals surface area (Å²) in [5.41, 5.74) is 1.43. The van der Waals surface area contributed by atoms with Gasteiger partial charge in [0.25, 0.3) is 0 Å². The average molecular weight is 377 g/mol. The Balaban J connectivity index is 1.59. The zero-order chi connectivity index (χ0) is 17.6. The van der Waals surface area contributed by atoms with Crippen LogP contribution in [-0.4, -0.2) is 40.7 Å². The summed E-state index contributed by atoms with van der Waals surface area (Å²) < 4.78 is 0.776. The van der Waals surface area contributed by atoms with Crippen LogP contribution >= 0.6 is 23.1 Å². The minimum atomic E-state index is 0.0248. The van der Waals surface area contributed by atoms with E-state index >= 15 is 0 Å². The number of Topliss-reactive ketones (excluding diaryl/α,β-unsaturated/α-hetero) is 1. The van der Waals surface area contributed by atoms with Gasteiger partial charge in [-0.25, -0.2) is 0 Å². The van der Waals surface area contributed by atoms with E-state index in [0.29, 0.717) is 17.7 Å². The highest BCUT2D eigenvalue weighted by Crippen LogP contribution is 2.27.